The second-order valence-electron chi connectivity index (χ2n) is 7.81. The maximum atomic E-state index is 13.0. The zero-order chi connectivity index (χ0) is 19.2. The third kappa shape index (κ3) is 5.90. The topological polar surface area (TPSA) is 79.0 Å². The molecule has 26 heavy (non-hydrogen) atoms. The van der Waals surface area contributed by atoms with E-state index in [-0.39, 0.29) is 11.8 Å². The summed E-state index contributed by atoms with van der Waals surface area (Å²) >= 11 is 0. The molecule has 0 saturated carbocycles. The molecule has 1 N–H and O–H groups in total. The van der Waals surface area contributed by atoms with Crippen LogP contribution >= 0.6 is 0 Å². The van der Waals surface area contributed by atoms with Crippen LogP contribution in [0.15, 0.2) is 0 Å². The normalized spacial score (nSPS) is 28.8. The number of carbonyl (C=O) groups excluding carboxylic acids is 1. The minimum Gasteiger partial charge on any atom is -0.382 e. The lowest BCUT2D eigenvalue weighted by Gasteiger charge is -2.39. The van der Waals surface area contributed by atoms with E-state index in [9.17, 15) is 13.2 Å². The van der Waals surface area contributed by atoms with Crippen molar-refractivity contribution in [2.75, 3.05) is 45.9 Å². The largest absolute Gasteiger partial charge is 0.382 e. The number of carbonyl (C=O) groups is 1. The van der Waals surface area contributed by atoms with Crippen molar-refractivity contribution in [3.8, 4) is 0 Å². The van der Waals surface area contributed by atoms with E-state index < -0.39 is 10.2 Å². The third-order valence-corrected chi connectivity index (χ3v) is 7.15. The van der Waals surface area contributed by atoms with Gasteiger partial charge in [-0.2, -0.15) is 17.0 Å². The fraction of sp³-hybridized carbons (Fsp3) is 0.944. The van der Waals surface area contributed by atoms with Gasteiger partial charge >= 0.3 is 0 Å². The van der Waals surface area contributed by atoms with E-state index in [4.69, 9.17) is 4.74 Å². The van der Waals surface area contributed by atoms with Crippen molar-refractivity contribution < 1.29 is 17.9 Å². The maximum absolute atomic E-state index is 13.0. The van der Waals surface area contributed by atoms with Gasteiger partial charge in [0, 0.05) is 45.9 Å². The van der Waals surface area contributed by atoms with Crippen LogP contribution in [0.25, 0.3) is 0 Å². The van der Waals surface area contributed by atoms with Gasteiger partial charge in [-0.15, -0.1) is 0 Å². The second kappa shape index (κ2) is 10.0. The highest BCUT2D eigenvalue weighted by molar-refractivity contribution is 7.86. The Bertz CT molecular complexity index is 545. The lowest BCUT2D eigenvalue weighted by Crippen LogP contribution is -2.53. The number of nitrogens with one attached hydrogen (secondary N) is 1. The van der Waals surface area contributed by atoms with E-state index in [1.165, 1.54) is 4.31 Å². The van der Waals surface area contributed by atoms with Crippen molar-refractivity contribution in [1.82, 2.24) is 13.9 Å². The van der Waals surface area contributed by atoms with Crippen molar-refractivity contribution in [2.45, 2.75) is 46.5 Å². The Morgan fingerprint density at radius 2 is 1.85 bits per heavy atom. The Morgan fingerprint density at radius 1 is 1.15 bits per heavy atom. The number of hydrogen-bond acceptors (Lipinski definition) is 4. The molecule has 2 rings (SSSR count). The van der Waals surface area contributed by atoms with Crippen molar-refractivity contribution >= 4 is 16.1 Å². The van der Waals surface area contributed by atoms with Crippen LogP contribution < -0.4 is 5.32 Å². The number of rotatable bonds is 8. The number of hydrogen-bond donors (Lipinski definition) is 1. The van der Waals surface area contributed by atoms with E-state index >= 15 is 0 Å². The first-order valence-electron chi connectivity index (χ1n) is 9.95. The molecule has 7 nitrogen and oxygen atoms in total. The Labute approximate surface area is 158 Å². The summed E-state index contributed by atoms with van der Waals surface area (Å²) in [7, 11) is -3.48. The molecule has 0 aromatic rings. The second-order valence-corrected chi connectivity index (χ2v) is 9.74. The molecule has 0 aromatic heterocycles. The molecule has 2 heterocycles. The molecule has 152 valence electrons. The molecule has 2 aliphatic rings. The molecule has 3 unspecified atom stereocenters. The van der Waals surface area contributed by atoms with Gasteiger partial charge in [0.2, 0.25) is 5.91 Å². The van der Waals surface area contributed by atoms with Gasteiger partial charge in [-0.05, 0) is 44.4 Å². The van der Waals surface area contributed by atoms with E-state index in [1.54, 1.807) is 4.31 Å². The van der Waals surface area contributed by atoms with Crippen LogP contribution in [-0.4, -0.2) is 68.9 Å². The fourth-order valence-electron chi connectivity index (χ4n) is 4.00. The highest BCUT2D eigenvalue weighted by Crippen LogP contribution is 2.27. The predicted molar refractivity (Wildman–Crippen MR) is 102 cm³/mol. The number of ether oxygens (including phenoxy) is 1. The van der Waals surface area contributed by atoms with Crippen LogP contribution in [0.4, 0.5) is 0 Å². The molecule has 2 saturated heterocycles. The summed E-state index contributed by atoms with van der Waals surface area (Å²) < 4.78 is 34.5. The number of amides is 1. The highest BCUT2D eigenvalue weighted by Gasteiger charge is 2.38. The Hall–Kier alpha value is -0.700. The van der Waals surface area contributed by atoms with Gasteiger partial charge in [0.05, 0.1) is 5.92 Å². The standard InChI is InChI=1S/C18H35N3O4S/c1-4-25-10-6-8-19-18(22)17-7-5-9-20(14-17)26(23,24)21-12-15(2)11-16(3)13-21/h15-17H,4-14H2,1-3H3,(H,19,22). The summed E-state index contributed by atoms with van der Waals surface area (Å²) in [5.41, 5.74) is 0. The van der Waals surface area contributed by atoms with E-state index in [0.29, 0.717) is 57.8 Å². The molecule has 2 fully saturated rings. The molecule has 2 aliphatic heterocycles. The summed E-state index contributed by atoms with van der Waals surface area (Å²) in [4.78, 5) is 12.4. The SMILES string of the molecule is CCOCCCNC(=O)C1CCCN(S(=O)(=O)N2CC(C)CC(C)C2)C1. The molecule has 0 aliphatic carbocycles. The van der Waals surface area contributed by atoms with Gasteiger partial charge in [-0.1, -0.05) is 13.8 Å². The summed E-state index contributed by atoms with van der Waals surface area (Å²) in [6.45, 7) is 10.00. The molecule has 0 aromatic carbocycles. The molecule has 0 radical (unpaired) electrons. The lowest BCUT2D eigenvalue weighted by atomic mass is 9.94. The van der Waals surface area contributed by atoms with Gasteiger partial charge in [-0.25, -0.2) is 0 Å². The van der Waals surface area contributed by atoms with E-state index in [0.717, 1.165) is 25.7 Å². The van der Waals surface area contributed by atoms with Crippen molar-refractivity contribution in [2.24, 2.45) is 17.8 Å². The minimum absolute atomic E-state index is 0.0400. The van der Waals surface area contributed by atoms with Crippen molar-refractivity contribution in [3.63, 3.8) is 0 Å². The van der Waals surface area contributed by atoms with Crippen LogP contribution in [0.1, 0.15) is 46.5 Å². The van der Waals surface area contributed by atoms with Crippen LogP contribution in [0.5, 0.6) is 0 Å². The smallest absolute Gasteiger partial charge is 0.282 e. The molecule has 3 atom stereocenters. The van der Waals surface area contributed by atoms with Gasteiger partial charge in [-0.3, -0.25) is 4.79 Å². The minimum atomic E-state index is -3.48. The Kier molecular flexibility index (Phi) is 8.32. The quantitative estimate of drug-likeness (QED) is 0.638. The zero-order valence-electron chi connectivity index (χ0n) is 16.4. The summed E-state index contributed by atoms with van der Waals surface area (Å²) in [5, 5.41) is 2.92. The van der Waals surface area contributed by atoms with E-state index in [2.05, 4.69) is 19.2 Å². The summed E-state index contributed by atoms with van der Waals surface area (Å²) in [6.07, 6.45) is 3.32. The van der Waals surface area contributed by atoms with Crippen LogP contribution in [0.3, 0.4) is 0 Å². The van der Waals surface area contributed by atoms with Gasteiger partial charge in [0.25, 0.3) is 10.2 Å². The van der Waals surface area contributed by atoms with Crippen molar-refractivity contribution in [1.29, 1.82) is 0 Å². The first-order chi connectivity index (χ1) is 12.3. The van der Waals surface area contributed by atoms with Gasteiger partial charge in [0.15, 0.2) is 0 Å². The first-order valence-corrected chi connectivity index (χ1v) is 11.3. The molecule has 8 heteroatoms. The van der Waals surface area contributed by atoms with Gasteiger partial charge < -0.3 is 10.1 Å². The molecule has 0 spiro atoms. The van der Waals surface area contributed by atoms with Crippen LogP contribution in [0, 0.1) is 17.8 Å². The molecular formula is C18H35N3O4S. The summed E-state index contributed by atoms with van der Waals surface area (Å²) in [6, 6.07) is 0. The number of nitrogens with zero attached hydrogens (tertiary/aromatic N) is 2. The lowest BCUT2D eigenvalue weighted by molar-refractivity contribution is -0.126. The van der Waals surface area contributed by atoms with E-state index in [1.807, 2.05) is 6.92 Å². The Morgan fingerprint density at radius 3 is 2.50 bits per heavy atom. The highest BCUT2D eigenvalue weighted by atomic mass is 32.2. The average molecular weight is 390 g/mol. The zero-order valence-corrected chi connectivity index (χ0v) is 17.3. The first kappa shape index (κ1) is 21.6. The maximum Gasteiger partial charge on any atom is 0.282 e. The Balaban J connectivity index is 1.89. The van der Waals surface area contributed by atoms with Gasteiger partial charge in [0.1, 0.15) is 0 Å². The average Bonchev–Trinajstić information content (AvgIpc) is 2.60. The van der Waals surface area contributed by atoms with Crippen LogP contribution in [0.2, 0.25) is 0 Å². The number of piperidine rings is 2. The monoisotopic (exact) mass is 389 g/mol. The summed E-state index contributed by atoms with van der Waals surface area (Å²) in [5.74, 6) is 0.456. The third-order valence-electron chi connectivity index (χ3n) is 5.21. The molecule has 1 amide bonds. The predicted octanol–water partition coefficient (Wildman–Crippen LogP) is 1.46. The van der Waals surface area contributed by atoms with Crippen LogP contribution in [-0.2, 0) is 19.7 Å². The molecular weight excluding hydrogens is 354 g/mol. The van der Waals surface area contributed by atoms with Crippen molar-refractivity contribution in [3.05, 3.63) is 0 Å². The fourth-order valence-corrected chi connectivity index (χ4v) is 5.94. The molecule has 0 bridgehead atoms.